The van der Waals surface area contributed by atoms with Crippen LogP contribution in [0.5, 0.6) is 0 Å². The van der Waals surface area contributed by atoms with Crippen LogP contribution in [-0.4, -0.2) is 44.2 Å². The second-order valence-corrected chi connectivity index (χ2v) is 7.78. The Morgan fingerprint density at radius 1 is 1.15 bits per heavy atom. The van der Waals surface area contributed by atoms with Crippen molar-refractivity contribution in [1.82, 2.24) is 0 Å². The highest BCUT2D eigenvalue weighted by atomic mass is 16.4. The molecule has 0 amide bonds. The van der Waals surface area contributed by atoms with Crippen molar-refractivity contribution in [3.05, 3.63) is 24.3 Å². The van der Waals surface area contributed by atoms with Gasteiger partial charge in [0.05, 0.1) is 17.8 Å². The summed E-state index contributed by atoms with van der Waals surface area (Å²) in [6, 6.07) is 0. The van der Waals surface area contributed by atoms with Crippen LogP contribution in [-0.2, 0) is 4.79 Å². The van der Waals surface area contributed by atoms with Crippen LogP contribution in [0.1, 0.15) is 71.6 Å². The third-order valence-electron chi connectivity index (χ3n) is 5.22. The molecular weight excluding hydrogens is 332 g/mol. The van der Waals surface area contributed by atoms with E-state index in [1.165, 1.54) is 0 Å². The van der Waals surface area contributed by atoms with E-state index in [0.29, 0.717) is 32.1 Å². The van der Waals surface area contributed by atoms with E-state index in [4.69, 9.17) is 5.11 Å². The van der Waals surface area contributed by atoms with Crippen LogP contribution in [0.2, 0.25) is 0 Å². The molecule has 1 aliphatic rings. The van der Waals surface area contributed by atoms with Crippen molar-refractivity contribution in [3.63, 3.8) is 0 Å². The van der Waals surface area contributed by atoms with Crippen LogP contribution < -0.4 is 0 Å². The summed E-state index contributed by atoms with van der Waals surface area (Å²) in [7, 11) is 0. The number of hydrogen-bond donors (Lipinski definition) is 4. The molecule has 0 unspecified atom stereocenters. The van der Waals surface area contributed by atoms with Crippen LogP contribution in [0.3, 0.4) is 0 Å². The second-order valence-electron chi connectivity index (χ2n) is 7.78. The van der Waals surface area contributed by atoms with Crippen molar-refractivity contribution in [2.24, 2.45) is 11.8 Å². The Labute approximate surface area is 157 Å². The lowest BCUT2D eigenvalue weighted by Crippen LogP contribution is -2.24. The number of aliphatic hydroxyl groups is 3. The highest BCUT2D eigenvalue weighted by Crippen LogP contribution is 2.37. The van der Waals surface area contributed by atoms with Crippen molar-refractivity contribution in [2.45, 2.75) is 89.4 Å². The van der Waals surface area contributed by atoms with Gasteiger partial charge in [-0.1, -0.05) is 50.5 Å². The van der Waals surface area contributed by atoms with Gasteiger partial charge in [0.1, 0.15) is 0 Å². The average molecular weight is 369 g/mol. The minimum absolute atomic E-state index is 0.0802. The highest BCUT2D eigenvalue weighted by Gasteiger charge is 2.39. The fourth-order valence-corrected chi connectivity index (χ4v) is 3.58. The van der Waals surface area contributed by atoms with Gasteiger partial charge in [-0.15, -0.1) is 0 Å². The standard InChI is InChI=1S/C21H36O5/c1-3-4-9-13-21(2,26)14-12-17-16(18(22)15-19(17)23)10-7-5-6-8-11-20(24)25/h5,7,12,14,16-19,22-23,26H,3-4,6,8-11,13,15H2,1-2H3,(H,24,25)/b7-5+,14-12?/t16-,17-,18+,19-,21+/m1/s1. The fourth-order valence-electron chi connectivity index (χ4n) is 3.58. The molecule has 0 saturated heterocycles. The molecule has 0 aromatic carbocycles. The molecule has 5 heteroatoms. The van der Waals surface area contributed by atoms with Crippen LogP contribution >= 0.6 is 0 Å². The SMILES string of the molecule is CCCCC[C@](C)(O)C=C[C@@H]1[C@@H](C/C=C/CCCC(=O)O)[C@@H](O)C[C@H]1O. The van der Waals surface area contributed by atoms with Gasteiger partial charge < -0.3 is 20.4 Å². The van der Waals surface area contributed by atoms with Crippen LogP contribution in [0.25, 0.3) is 0 Å². The maximum Gasteiger partial charge on any atom is 0.303 e. The molecule has 1 aliphatic carbocycles. The Morgan fingerprint density at radius 2 is 1.88 bits per heavy atom. The third-order valence-corrected chi connectivity index (χ3v) is 5.22. The smallest absolute Gasteiger partial charge is 0.303 e. The summed E-state index contributed by atoms with van der Waals surface area (Å²) in [6.07, 6.45) is 12.7. The summed E-state index contributed by atoms with van der Waals surface area (Å²) in [5.41, 5.74) is -0.889. The van der Waals surface area contributed by atoms with Crippen molar-refractivity contribution < 1.29 is 25.2 Å². The predicted molar refractivity (Wildman–Crippen MR) is 103 cm³/mol. The Balaban J connectivity index is 2.56. The first-order valence-corrected chi connectivity index (χ1v) is 9.91. The lowest BCUT2D eigenvalue weighted by atomic mass is 9.88. The lowest BCUT2D eigenvalue weighted by Gasteiger charge is -2.23. The van der Waals surface area contributed by atoms with Gasteiger partial charge in [0, 0.05) is 18.8 Å². The summed E-state index contributed by atoms with van der Waals surface area (Å²) in [6.45, 7) is 3.91. The van der Waals surface area contributed by atoms with Crippen LogP contribution in [0.15, 0.2) is 24.3 Å². The summed E-state index contributed by atoms with van der Waals surface area (Å²) >= 11 is 0. The third kappa shape index (κ3) is 8.47. The first-order chi connectivity index (χ1) is 12.3. The summed E-state index contributed by atoms with van der Waals surface area (Å²) in [4.78, 5) is 10.5. The monoisotopic (exact) mass is 368 g/mol. The lowest BCUT2D eigenvalue weighted by molar-refractivity contribution is -0.137. The van der Waals surface area contributed by atoms with Gasteiger partial charge in [-0.3, -0.25) is 4.79 Å². The van der Waals surface area contributed by atoms with Crippen LogP contribution in [0.4, 0.5) is 0 Å². The average Bonchev–Trinajstić information content (AvgIpc) is 2.82. The molecule has 0 bridgehead atoms. The van der Waals surface area contributed by atoms with E-state index in [1.54, 1.807) is 13.0 Å². The Bertz CT molecular complexity index is 469. The molecule has 0 heterocycles. The number of carbonyl (C=O) groups is 1. The van der Waals surface area contributed by atoms with E-state index in [1.807, 2.05) is 18.2 Å². The number of carboxylic acids is 1. The van der Waals surface area contributed by atoms with Crippen molar-refractivity contribution >= 4 is 5.97 Å². The van der Waals surface area contributed by atoms with Crippen LogP contribution in [0, 0.1) is 11.8 Å². The molecule has 0 aromatic heterocycles. The maximum absolute atomic E-state index is 10.5. The number of aliphatic hydroxyl groups excluding tert-OH is 2. The predicted octanol–water partition coefficient (Wildman–Crippen LogP) is 3.43. The molecule has 0 aromatic rings. The summed E-state index contributed by atoms with van der Waals surface area (Å²) < 4.78 is 0. The molecule has 1 rings (SSSR count). The zero-order valence-corrected chi connectivity index (χ0v) is 16.2. The molecule has 1 fully saturated rings. The highest BCUT2D eigenvalue weighted by molar-refractivity contribution is 5.66. The minimum Gasteiger partial charge on any atom is -0.481 e. The number of rotatable bonds is 12. The first kappa shape index (κ1) is 22.9. The van der Waals surface area contributed by atoms with E-state index in [0.717, 1.165) is 19.3 Å². The topological polar surface area (TPSA) is 98.0 Å². The molecule has 5 nitrogen and oxygen atoms in total. The normalized spacial score (nSPS) is 28.8. The molecule has 4 N–H and O–H groups in total. The van der Waals surface area contributed by atoms with E-state index >= 15 is 0 Å². The van der Waals surface area contributed by atoms with Crippen molar-refractivity contribution in [2.75, 3.05) is 0 Å². The maximum atomic E-state index is 10.5. The zero-order valence-electron chi connectivity index (χ0n) is 16.2. The van der Waals surface area contributed by atoms with Gasteiger partial charge in [-0.05, 0) is 38.5 Å². The summed E-state index contributed by atoms with van der Waals surface area (Å²) in [5, 5.41) is 39.6. The first-order valence-electron chi connectivity index (χ1n) is 9.91. The Hall–Kier alpha value is -1.17. The zero-order chi connectivity index (χ0) is 19.6. The number of hydrogen-bond acceptors (Lipinski definition) is 4. The second kappa shape index (κ2) is 11.5. The van der Waals surface area contributed by atoms with Gasteiger partial charge in [-0.2, -0.15) is 0 Å². The largest absolute Gasteiger partial charge is 0.481 e. The minimum atomic E-state index is -0.889. The van der Waals surface area contributed by atoms with E-state index in [9.17, 15) is 20.1 Å². The molecule has 0 spiro atoms. The molecule has 26 heavy (non-hydrogen) atoms. The number of aliphatic carboxylic acids is 1. The van der Waals surface area contributed by atoms with Gasteiger partial charge in [0.2, 0.25) is 0 Å². The van der Waals surface area contributed by atoms with Crippen molar-refractivity contribution in [1.29, 1.82) is 0 Å². The molecular formula is C21H36O5. The molecule has 5 atom stereocenters. The molecule has 1 saturated carbocycles. The quantitative estimate of drug-likeness (QED) is 0.312. The van der Waals surface area contributed by atoms with Gasteiger partial charge >= 0.3 is 5.97 Å². The van der Waals surface area contributed by atoms with Crippen molar-refractivity contribution in [3.8, 4) is 0 Å². The number of allylic oxidation sites excluding steroid dienone is 2. The van der Waals surface area contributed by atoms with E-state index in [-0.39, 0.29) is 18.3 Å². The Kier molecular flexibility index (Phi) is 10.1. The summed E-state index contributed by atoms with van der Waals surface area (Å²) in [5.74, 6) is -1.04. The molecule has 0 aliphatic heterocycles. The number of unbranched alkanes of at least 4 members (excludes halogenated alkanes) is 3. The van der Waals surface area contributed by atoms with Gasteiger partial charge in [0.15, 0.2) is 0 Å². The van der Waals surface area contributed by atoms with Gasteiger partial charge in [0.25, 0.3) is 0 Å². The van der Waals surface area contributed by atoms with Gasteiger partial charge in [-0.25, -0.2) is 0 Å². The van der Waals surface area contributed by atoms with E-state index < -0.39 is 23.8 Å². The molecule has 0 radical (unpaired) electrons. The van der Waals surface area contributed by atoms with E-state index in [2.05, 4.69) is 6.92 Å². The number of carboxylic acid groups (broad SMARTS) is 1. The molecule has 150 valence electrons. The fraction of sp³-hybridized carbons (Fsp3) is 0.762. The Morgan fingerprint density at radius 3 is 2.54 bits per heavy atom.